The van der Waals surface area contributed by atoms with Gasteiger partial charge in [-0.2, -0.15) is 0 Å². The van der Waals surface area contributed by atoms with Crippen LogP contribution in [0.4, 0.5) is 0 Å². The van der Waals surface area contributed by atoms with Crippen molar-refractivity contribution in [2.75, 3.05) is 25.9 Å². The molecule has 0 spiro atoms. The van der Waals surface area contributed by atoms with Crippen LogP contribution in [-0.4, -0.2) is 40.9 Å². The van der Waals surface area contributed by atoms with Crippen molar-refractivity contribution >= 4 is 39.9 Å². The number of halogens is 2. The average Bonchev–Trinajstić information content (AvgIpc) is 2.44. The van der Waals surface area contributed by atoms with Crippen LogP contribution in [0, 0.1) is 0 Å². The Morgan fingerprint density at radius 2 is 2.05 bits per heavy atom. The maximum Gasteiger partial charge on any atom is 0.223 e. The zero-order chi connectivity index (χ0) is 15.1. The summed E-state index contributed by atoms with van der Waals surface area (Å²) in [4.78, 5) is 14.0. The Hall–Kier alpha value is -0.620. The fraction of sp³-hybridized carbons (Fsp3) is 0.462. The third-order valence-electron chi connectivity index (χ3n) is 2.78. The van der Waals surface area contributed by atoms with Gasteiger partial charge in [0.15, 0.2) is 0 Å². The van der Waals surface area contributed by atoms with Crippen LogP contribution in [0.15, 0.2) is 23.1 Å². The fourth-order valence-corrected chi connectivity index (χ4v) is 2.99. The Bertz CT molecular complexity index is 497. The van der Waals surface area contributed by atoms with Gasteiger partial charge in [0.25, 0.3) is 0 Å². The minimum absolute atomic E-state index is 0.0353. The number of hydrogen-bond acceptors (Lipinski definition) is 3. The zero-order valence-corrected chi connectivity index (χ0v) is 13.6. The van der Waals surface area contributed by atoms with Gasteiger partial charge in [0.1, 0.15) is 0 Å². The lowest BCUT2D eigenvalue weighted by atomic mass is 10.3. The first-order valence-electron chi connectivity index (χ1n) is 6.23. The van der Waals surface area contributed by atoms with E-state index in [-0.39, 0.29) is 18.1 Å². The second kappa shape index (κ2) is 8.62. The molecule has 1 atom stereocenters. The number of nitrogens with zero attached hydrogens (tertiary/aromatic N) is 1. The van der Waals surface area contributed by atoms with E-state index < -0.39 is 10.8 Å². The lowest BCUT2D eigenvalue weighted by molar-refractivity contribution is -0.129. The van der Waals surface area contributed by atoms with E-state index in [1.807, 2.05) is 0 Å². The molecular formula is C13H18Cl2N2O2S. The van der Waals surface area contributed by atoms with Crippen LogP contribution in [0.5, 0.6) is 0 Å². The molecule has 0 aliphatic carbocycles. The summed E-state index contributed by atoms with van der Waals surface area (Å²) in [7, 11) is 0.462. The molecule has 0 fully saturated rings. The molecule has 1 aromatic carbocycles. The molecule has 20 heavy (non-hydrogen) atoms. The molecule has 0 aliphatic heterocycles. The second-order valence-electron chi connectivity index (χ2n) is 4.33. The average molecular weight is 337 g/mol. The smallest absolute Gasteiger partial charge is 0.223 e. The molecule has 1 unspecified atom stereocenters. The molecule has 2 N–H and O–H groups in total. The molecule has 1 rings (SSSR count). The number of amides is 1. The minimum Gasteiger partial charge on any atom is -0.346 e. The highest BCUT2D eigenvalue weighted by Gasteiger charge is 2.12. The quantitative estimate of drug-likeness (QED) is 0.830. The van der Waals surface area contributed by atoms with Crippen LogP contribution >= 0.6 is 23.2 Å². The minimum atomic E-state index is -1.26. The standard InChI is InChI=1S/C13H18Cl2N2O2S/c1-17(7-2-6-16)13(18)5-8-20(19)10-3-4-11(14)12(15)9-10/h3-4,9H,2,5-8,16H2,1H3. The molecular weight excluding hydrogens is 319 g/mol. The molecule has 0 heterocycles. The van der Waals surface area contributed by atoms with Crippen molar-refractivity contribution in [1.29, 1.82) is 0 Å². The molecule has 0 saturated heterocycles. The number of benzene rings is 1. The molecule has 4 nitrogen and oxygen atoms in total. The van der Waals surface area contributed by atoms with Gasteiger partial charge in [-0.3, -0.25) is 9.00 Å². The summed E-state index contributed by atoms with van der Waals surface area (Å²) in [6.45, 7) is 1.17. The normalized spacial score (nSPS) is 12.2. The van der Waals surface area contributed by atoms with Gasteiger partial charge in [-0.1, -0.05) is 23.2 Å². The zero-order valence-electron chi connectivity index (χ0n) is 11.3. The highest BCUT2D eigenvalue weighted by molar-refractivity contribution is 7.85. The van der Waals surface area contributed by atoms with E-state index in [2.05, 4.69) is 0 Å². The van der Waals surface area contributed by atoms with E-state index in [0.717, 1.165) is 6.42 Å². The van der Waals surface area contributed by atoms with Gasteiger partial charge in [-0.05, 0) is 31.2 Å². The van der Waals surface area contributed by atoms with Gasteiger partial charge in [0, 0.05) is 30.7 Å². The Labute approximate surface area is 131 Å². The summed E-state index contributed by atoms with van der Waals surface area (Å²) in [5.74, 6) is 0.232. The van der Waals surface area contributed by atoms with Crippen LogP contribution in [0.25, 0.3) is 0 Å². The maximum atomic E-state index is 12.1. The van der Waals surface area contributed by atoms with Gasteiger partial charge < -0.3 is 10.6 Å². The number of hydrogen-bond donors (Lipinski definition) is 1. The maximum absolute atomic E-state index is 12.1. The van der Waals surface area contributed by atoms with Crippen LogP contribution in [0.2, 0.25) is 10.0 Å². The van der Waals surface area contributed by atoms with E-state index in [1.54, 1.807) is 30.1 Å². The van der Waals surface area contributed by atoms with Gasteiger partial charge in [0.05, 0.1) is 20.8 Å². The monoisotopic (exact) mass is 336 g/mol. The van der Waals surface area contributed by atoms with Crippen LogP contribution in [-0.2, 0) is 15.6 Å². The Balaban J connectivity index is 2.50. The molecule has 1 aromatic rings. The summed E-state index contributed by atoms with van der Waals surface area (Å²) < 4.78 is 12.1. The van der Waals surface area contributed by atoms with Gasteiger partial charge >= 0.3 is 0 Å². The number of carbonyl (C=O) groups is 1. The van der Waals surface area contributed by atoms with Crippen molar-refractivity contribution in [2.45, 2.75) is 17.7 Å². The highest BCUT2D eigenvalue weighted by Crippen LogP contribution is 2.24. The Kier molecular flexibility index (Phi) is 7.51. The number of carbonyl (C=O) groups excluding carboxylic acids is 1. The summed E-state index contributed by atoms with van der Waals surface area (Å²) in [5, 5.41) is 0.786. The lowest BCUT2D eigenvalue weighted by Gasteiger charge is -2.16. The molecule has 1 amide bonds. The third-order valence-corrected chi connectivity index (χ3v) is 4.87. The predicted octanol–water partition coefficient (Wildman–Crippen LogP) is 2.30. The van der Waals surface area contributed by atoms with Crippen molar-refractivity contribution in [1.82, 2.24) is 4.90 Å². The Morgan fingerprint density at radius 1 is 1.35 bits per heavy atom. The van der Waals surface area contributed by atoms with Crippen molar-refractivity contribution in [3.63, 3.8) is 0 Å². The van der Waals surface area contributed by atoms with Crippen molar-refractivity contribution in [3.8, 4) is 0 Å². The molecule has 0 bridgehead atoms. The van der Waals surface area contributed by atoms with Gasteiger partial charge in [-0.15, -0.1) is 0 Å². The van der Waals surface area contributed by atoms with Crippen LogP contribution < -0.4 is 5.73 Å². The van der Waals surface area contributed by atoms with Crippen molar-refractivity contribution in [2.24, 2.45) is 5.73 Å². The van der Waals surface area contributed by atoms with E-state index in [1.165, 1.54) is 0 Å². The Morgan fingerprint density at radius 3 is 2.65 bits per heavy atom. The number of nitrogens with two attached hydrogens (primary N) is 1. The molecule has 0 radical (unpaired) electrons. The molecule has 0 aromatic heterocycles. The van der Waals surface area contributed by atoms with E-state index in [0.29, 0.717) is 28.0 Å². The fourth-order valence-electron chi connectivity index (χ4n) is 1.56. The molecule has 112 valence electrons. The van der Waals surface area contributed by atoms with E-state index in [4.69, 9.17) is 28.9 Å². The van der Waals surface area contributed by atoms with Gasteiger partial charge in [0.2, 0.25) is 5.91 Å². The first-order valence-corrected chi connectivity index (χ1v) is 8.30. The third kappa shape index (κ3) is 5.40. The lowest BCUT2D eigenvalue weighted by Crippen LogP contribution is -2.29. The first-order chi connectivity index (χ1) is 9.45. The molecule has 0 aliphatic rings. The van der Waals surface area contributed by atoms with Gasteiger partial charge in [-0.25, -0.2) is 0 Å². The second-order valence-corrected chi connectivity index (χ2v) is 6.72. The van der Waals surface area contributed by atoms with Crippen LogP contribution in [0.3, 0.4) is 0 Å². The summed E-state index contributed by atoms with van der Waals surface area (Å²) in [6, 6.07) is 4.84. The first kappa shape index (κ1) is 17.4. The van der Waals surface area contributed by atoms with E-state index >= 15 is 0 Å². The predicted molar refractivity (Wildman–Crippen MR) is 83.7 cm³/mol. The molecule has 0 saturated carbocycles. The van der Waals surface area contributed by atoms with Crippen LogP contribution in [0.1, 0.15) is 12.8 Å². The van der Waals surface area contributed by atoms with Crippen molar-refractivity contribution < 1.29 is 9.00 Å². The molecule has 7 heteroatoms. The van der Waals surface area contributed by atoms with Crippen molar-refractivity contribution in [3.05, 3.63) is 28.2 Å². The number of rotatable bonds is 7. The topological polar surface area (TPSA) is 63.4 Å². The summed E-state index contributed by atoms with van der Waals surface area (Å²) in [5.41, 5.74) is 5.39. The van der Waals surface area contributed by atoms with E-state index in [9.17, 15) is 9.00 Å². The largest absolute Gasteiger partial charge is 0.346 e. The summed E-state index contributed by atoms with van der Waals surface area (Å²) in [6.07, 6.45) is 0.992. The highest BCUT2D eigenvalue weighted by atomic mass is 35.5. The summed E-state index contributed by atoms with van der Waals surface area (Å²) >= 11 is 11.7. The SMILES string of the molecule is CN(CCCN)C(=O)CCS(=O)c1ccc(Cl)c(Cl)c1.